The van der Waals surface area contributed by atoms with Gasteiger partial charge in [-0.2, -0.15) is 0 Å². The normalized spacial score (nSPS) is 12.9. The second-order valence-corrected chi connectivity index (χ2v) is 7.11. The maximum absolute atomic E-state index is 12.1. The smallest absolute Gasteiger partial charge is 0.325 e. The summed E-state index contributed by atoms with van der Waals surface area (Å²) in [6.07, 6.45) is 0. The van der Waals surface area contributed by atoms with E-state index in [2.05, 4.69) is 25.4 Å². The first-order chi connectivity index (χ1) is 8.69. The van der Waals surface area contributed by atoms with Crippen molar-refractivity contribution in [1.29, 1.82) is 0 Å². The Hall–Kier alpha value is -1.08. The molecule has 1 rings (SSSR count). The molecule has 1 unspecified atom stereocenters. The van der Waals surface area contributed by atoms with Gasteiger partial charge in [0.1, 0.15) is 0 Å². The summed E-state index contributed by atoms with van der Waals surface area (Å²) in [5.74, 6) is -0.798. The van der Waals surface area contributed by atoms with Crippen molar-refractivity contribution in [2.75, 3.05) is 11.8 Å². The Morgan fingerprint density at radius 2 is 1.95 bits per heavy atom. The molecule has 0 bridgehead atoms. The van der Waals surface area contributed by atoms with E-state index in [4.69, 9.17) is 0 Å². The van der Waals surface area contributed by atoms with E-state index in [-0.39, 0.29) is 0 Å². The van der Waals surface area contributed by atoms with Crippen LogP contribution in [0, 0.1) is 13.8 Å². The van der Waals surface area contributed by atoms with Crippen LogP contribution >= 0.6 is 15.9 Å². The van der Waals surface area contributed by atoms with Crippen LogP contribution in [0.2, 0.25) is 0 Å². The minimum absolute atomic E-state index is 0.432. The van der Waals surface area contributed by atoms with Crippen LogP contribution in [0.4, 0.5) is 5.69 Å². The van der Waals surface area contributed by atoms with Gasteiger partial charge in [-0.3, -0.25) is 9.52 Å². The molecule has 1 aromatic rings. The lowest BCUT2D eigenvalue weighted by Gasteiger charge is -2.16. The van der Waals surface area contributed by atoms with Crippen molar-refractivity contribution < 1.29 is 17.9 Å². The molecule has 0 aliphatic carbocycles. The highest BCUT2D eigenvalue weighted by Gasteiger charge is 2.29. The van der Waals surface area contributed by atoms with Crippen LogP contribution in [0.5, 0.6) is 0 Å². The second kappa shape index (κ2) is 5.92. The first-order valence-corrected chi connectivity index (χ1v) is 7.89. The van der Waals surface area contributed by atoms with E-state index in [1.165, 1.54) is 6.92 Å². The molecule has 0 saturated carbocycles. The van der Waals surface area contributed by atoms with Gasteiger partial charge in [0, 0.05) is 4.47 Å². The summed E-state index contributed by atoms with van der Waals surface area (Å²) < 4.78 is 31.6. The van der Waals surface area contributed by atoms with Crippen LogP contribution in [0.1, 0.15) is 18.1 Å². The number of halogens is 1. The lowest BCUT2D eigenvalue weighted by atomic mass is 10.1. The maximum Gasteiger partial charge on any atom is 0.325 e. The van der Waals surface area contributed by atoms with Gasteiger partial charge in [0.25, 0.3) is 0 Å². The van der Waals surface area contributed by atoms with Crippen molar-refractivity contribution >= 4 is 37.6 Å². The molecule has 0 saturated heterocycles. The quantitative estimate of drug-likeness (QED) is 0.847. The van der Waals surface area contributed by atoms with E-state index in [1.807, 2.05) is 13.0 Å². The van der Waals surface area contributed by atoms with Crippen LogP contribution in [-0.4, -0.2) is 26.7 Å². The molecule has 0 heterocycles. The number of aryl methyl sites for hydroxylation is 2. The summed E-state index contributed by atoms with van der Waals surface area (Å²) in [5, 5.41) is -1.27. The molecule has 0 radical (unpaired) electrons. The van der Waals surface area contributed by atoms with Crippen molar-refractivity contribution in [3.05, 3.63) is 27.7 Å². The predicted octanol–water partition coefficient (Wildman–Crippen LogP) is 2.37. The van der Waals surface area contributed by atoms with Crippen molar-refractivity contribution in [2.45, 2.75) is 26.0 Å². The summed E-state index contributed by atoms with van der Waals surface area (Å²) in [5.41, 5.74) is 2.21. The van der Waals surface area contributed by atoms with E-state index in [0.29, 0.717) is 10.2 Å². The molecule has 0 amide bonds. The number of sulfonamides is 1. The molecule has 0 spiro atoms. The van der Waals surface area contributed by atoms with Crippen LogP contribution in [0.25, 0.3) is 0 Å². The zero-order valence-corrected chi connectivity index (χ0v) is 13.6. The highest BCUT2D eigenvalue weighted by molar-refractivity contribution is 9.10. The second-order valence-electron chi connectivity index (χ2n) is 4.25. The third kappa shape index (κ3) is 3.70. The maximum atomic E-state index is 12.1. The average Bonchev–Trinajstić information content (AvgIpc) is 2.31. The summed E-state index contributed by atoms with van der Waals surface area (Å²) in [6.45, 7) is 4.98. The summed E-state index contributed by atoms with van der Waals surface area (Å²) >= 11 is 3.31. The number of ether oxygens (including phenoxy) is 1. The number of carbonyl (C=O) groups is 1. The van der Waals surface area contributed by atoms with Gasteiger partial charge in [-0.25, -0.2) is 8.42 Å². The highest BCUT2D eigenvalue weighted by Crippen LogP contribution is 2.29. The van der Waals surface area contributed by atoms with Gasteiger partial charge in [0.05, 0.1) is 12.8 Å². The third-order valence-electron chi connectivity index (χ3n) is 2.67. The minimum atomic E-state index is -3.84. The molecule has 0 aliphatic rings. The van der Waals surface area contributed by atoms with Gasteiger partial charge >= 0.3 is 5.97 Å². The Kier molecular flexibility index (Phi) is 4.98. The monoisotopic (exact) mass is 349 g/mol. The van der Waals surface area contributed by atoms with Gasteiger partial charge in [-0.15, -0.1) is 0 Å². The summed E-state index contributed by atoms with van der Waals surface area (Å²) in [6, 6.07) is 3.65. The Balaban J connectivity index is 3.13. The highest BCUT2D eigenvalue weighted by atomic mass is 79.9. The topological polar surface area (TPSA) is 72.5 Å². The van der Waals surface area contributed by atoms with Gasteiger partial charge in [0.15, 0.2) is 5.25 Å². The number of rotatable bonds is 4. The molecule has 1 atom stereocenters. The van der Waals surface area contributed by atoms with Crippen LogP contribution in [0.3, 0.4) is 0 Å². The fraction of sp³-hybridized carbons (Fsp3) is 0.417. The van der Waals surface area contributed by atoms with Gasteiger partial charge in [-0.1, -0.05) is 6.07 Å². The van der Waals surface area contributed by atoms with E-state index < -0.39 is 21.2 Å². The molecule has 0 aromatic heterocycles. The van der Waals surface area contributed by atoms with Gasteiger partial charge in [0.2, 0.25) is 10.0 Å². The first kappa shape index (κ1) is 16.0. The van der Waals surface area contributed by atoms with Crippen molar-refractivity contribution in [1.82, 2.24) is 0 Å². The first-order valence-electron chi connectivity index (χ1n) is 5.55. The zero-order valence-electron chi connectivity index (χ0n) is 11.2. The number of benzene rings is 1. The average molecular weight is 350 g/mol. The molecule has 7 heteroatoms. The van der Waals surface area contributed by atoms with Crippen molar-refractivity contribution in [2.24, 2.45) is 0 Å². The zero-order chi connectivity index (χ0) is 14.8. The standard InChI is InChI=1S/C12H16BrNO4S/c1-7-5-8(2)11(10(13)6-7)14-19(16,17)9(3)12(15)18-4/h5-6,9,14H,1-4H3. The Bertz CT molecular complexity index is 575. The van der Waals surface area contributed by atoms with E-state index >= 15 is 0 Å². The number of hydrogen-bond donors (Lipinski definition) is 1. The number of hydrogen-bond acceptors (Lipinski definition) is 4. The van der Waals surface area contributed by atoms with E-state index in [9.17, 15) is 13.2 Å². The largest absolute Gasteiger partial charge is 0.468 e. The van der Waals surface area contributed by atoms with Crippen LogP contribution < -0.4 is 4.72 Å². The third-order valence-corrected chi connectivity index (χ3v) is 4.91. The molecule has 5 nitrogen and oxygen atoms in total. The number of carbonyl (C=O) groups excluding carboxylic acids is 1. The lowest BCUT2D eigenvalue weighted by molar-refractivity contribution is -0.139. The van der Waals surface area contributed by atoms with Gasteiger partial charge in [-0.05, 0) is 53.9 Å². The van der Waals surface area contributed by atoms with E-state index in [0.717, 1.165) is 18.2 Å². The van der Waals surface area contributed by atoms with Crippen LogP contribution in [-0.2, 0) is 19.6 Å². The molecule has 0 fully saturated rings. The molecule has 1 aromatic carbocycles. The SMILES string of the molecule is COC(=O)C(C)S(=O)(=O)Nc1c(C)cc(C)cc1Br. The number of methoxy groups -OCH3 is 1. The Labute approximate surface area is 121 Å². The van der Waals surface area contributed by atoms with Crippen molar-refractivity contribution in [3.8, 4) is 0 Å². The van der Waals surface area contributed by atoms with Crippen molar-refractivity contribution in [3.63, 3.8) is 0 Å². The molecule has 1 N–H and O–H groups in total. The van der Waals surface area contributed by atoms with Crippen LogP contribution in [0.15, 0.2) is 16.6 Å². The Morgan fingerprint density at radius 3 is 2.42 bits per heavy atom. The lowest BCUT2D eigenvalue weighted by Crippen LogP contribution is -2.33. The summed E-state index contributed by atoms with van der Waals surface area (Å²) in [7, 11) is -2.68. The molecule has 106 valence electrons. The fourth-order valence-corrected chi connectivity index (χ4v) is 3.55. The Morgan fingerprint density at radius 1 is 1.37 bits per heavy atom. The number of anilines is 1. The minimum Gasteiger partial charge on any atom is -0.468 e. The van der Waals surface area contributed by atoms with Gasteiger partial charge < -0.3 is 4.74 Å². The number of nitrogens with one attached hydrogen (secondary N) is 1. The molecule has 0 aliphatic heterocycles. The molecular formula is C12H16BrNO4S. The summed E-state index contributed by atoms with van der Waals surface area (Å²) in [4.78, 5) is 11.3. The molecule has 19 heavy (non-hydrogen) atoms. The van der Waals surface area contributed by atoms with E-state index in [1.54, 1.807) is 13.0 Å². The number of esters is 1. The molecular weight excluding hydrogens is 334 g/mol. The fourth-order valence-electron chi connectivity index (χ4n) is 1.57. The predicted molar refractivity (Wildman–Crippen MR) is 77.6 cm³/mol.